The zero-order valence-corrected chi connectivity index (χ0v) is 8.53. The Morgan fingerprint density at radius 1 is 1.33 bits per heavy atom. The van der Waals surface area contributed by atoms with Crippen molar-refractivity contribution in [3.05, 3.63) is 41.7 Å². The van der Waals surface area contributed by atoms with E-state index >= 15 is 0 Å². The molecule has 0 aliphatic heterocycles. The lowest BCUT2D eigenvalue weighted by Crippen LogP contribution is -1.78. The van der Waals surface area contributed by atoms with Gasteiger partial charge >= 0.3 is 0 Å². The normalized spacial score (nSPS) is 9.87. The Bertz CT molecular complexity index is 496. The zero-order chi connectivity index (χ0) is 10.7. The molecule has 0 saturated heterocycles. The van der Waals surface area contributed by atoms with Gasteiger partial charge in [-0.05, 0) is 12.1 Å². The lowest BCUT2D eigenvalue weighted by molar-refractivity contribution is 0.396. The lowest BCUT2D eigenvalue weighted by atomic mass is 10.1. The average Bonchev–Trinajstić information content (AvgIpc) is 2.78. The van der Waals surface area contributed by atoms with E-state index < -0.39 is 0 Å². The van der Waals surface area contributed by atoms with E-state index in [0.717, 1.165) is 11.3 Å². The van der Waals surface area contributed by atoms with E-state index in [9.17, 15) is 0 Å². The summed E-state index contributed by atoms with van der Waals surface area (Å²) in [5, 5.41) is 12.5. The Morgan fingerprint density at radius 2 is 2.07 bits per heavy atom. The summed E-state index contributed by atoms with van der Waals surface area (Å²) in [6.45, 7) is 0. The summed E-state index contributed by atoms with van der Waals surface area (Å²) in [6, 6.07) is 11.0. The summed E-state index contributed by atoms with van der Waals surface area (Å²) >= 11 is 5.60. The zero-order valence-electron chi connectivity index (χ0n) is 7.77. The van der Waals surface area contributed by atoms with Crippen LogP contribution in [0.15, 0.2) is 34.9 Å². The number of halogens is 1. The maximum atomic E-state index is 8.64. The standard InChI is InChI=1S/C11H7ClN2O/c12-6-10-5-11(14-15-10)9-3-1-8(7-13)2-4-9/h1-5H,6H2. The van der Waals surface area contributed by atoms with Crippen LogP contribution in [0.5, 0.6) is 0 Å². The molecule has 2 rings (SSSR count). The topological polar surface area (TPSA) is 49.8 Å². The van der Waals surface area contributed by atoms with Gasteiger partial charge in [0, 0.05) is 11.6 Å². The van der Waals surface area contributed by atoms with Crippen molar-refractivity contribution >= 4 is 11.6 Å². The van der Waals surface area contributed by atoms with Crippen molar-refractivity contribution in [3.8, 4) is 17.3 Å². The molecule has 0 N–H and O–H groups in total. The molecule has 4 heteroatoms. The van der Waals surface area contributed by atoms with E-state index in [1.807, 2.05) is 12.1 Å². The van der Waals surface area contributed by atoms with Crippen molar-refractivity contribution in [2.45, 2.75) is 5.88 Å². The third kappa shape index (κ3) is 2.00. The number of nitrogens with zero attached hydrogens (tertiary/aromatic N) is 2. The summed E-state index contributed by atoms with van der Waals surface area (Å²) in [5.41, 5.74) is 2.27. The van der Waals surface area contributed by atoms with Crippen LogP contribution in [0.2, 0.25) is 0 Å². The summed E-state index contributed by atoms with van der Waals surface area (Å²) in [6.07, 6.45) is 0. The van der Waals surface area contributed by atoms with Gasteiger partial charge in [0.2, 0.25) is 0 Å². The Morgan fingerprint density at radius 3 is 2.60 bits per heavy atom. The Labute approximate surface area is 91.9 Å². The fraction of sp³-hybridized carbons (Fsp3) is 0.0909. The number of nitriles is 1. The van der Waals surface area contributed by atoms with Crippen LogP contribution < -0.4 is 0 Å². The second kappa shape index (κ2) is 4.16. The van der Waals surface area contributed by atoms with Gasteiger partial charge in [0.05, 0.1) is 17.5 Å². The van der Waals surface area contributed by atoms with Crippen LogP contribution >= 0.6 is 11.6 Å². The molecule has 74 valence electrons. The Balaban J connectivity index is 2.33. The summed E-state index contributed by atoms with van der Waals surface area (Å²) in [7, 11) is 0. The SMILES string of the molecule is N#Cc1ccc(-c2cc(CCl)on2)cc1. The molecule has 0 bridgehead atoms. The number of benzene rings is 1. The van der Waals surface area contributed by atoms with Crippen molar-refractivity contribution in [2.24, 2.45) is 0 Å². The van der Waals surface area contributed by atoms with Gasteiger partial charge in [-0.25, -0.2) is 0 Å². The van der Waals surface area contributed by atoms with E-state index in [1.54, 1.807) is 18.2 Å². The number of aromatic nitrogens is 1. The molecule has 1 aromatic heterocycles. The fourth-order valence-electron chi connectivity index (χ4n) is 1.23. The maximum Gasteiger partial charge on any atom is 0.152 e. The minimum Gasteiger partial charge on any atom is -0.359 e. The van der Waals surface area contributed by atoms with E-state index in [4.69, 9.17) is 21.4 Å². The fourth-order valence-corrected chi connectivity index (χ4v) is 1.35. The molecule has 0 aliphatic carbocycles. The number of hydrogen-bond acceptors (Lipinski definition) is 3. The summed E-state index contributed by atoms with van der Waals surface area (Å²) in [5.74, 6) is 0.944. The predicted molar refractivity (Wildman–Crippen MR) is 56.2 cm³/mol. The van der Waals surface area contributed by atoms with E-state index in [-0.39, 0.29) is 0 Å². The van der Waals surface area contributed by atoms with Crippen molar-refractivity contribution in [3.63, 3.8) is 0 Å². The first kappa shape index (κ1) is 9.75. The first-order valence-electron chi connectivity index (χ1n) is 4.35. The second-order valence-electron chi connectivity index (χ2n) is 3.00. The molecular weight excluding hydrogens is 212 g/mol. The predicted octanol–water partition coefficient (Wildman–Crippen LogP) is 2.95. The first-order valence-corrected chi connectivity index (χ1v) is 4.89. The lowest BCUT2D eigenvalue weighted by Gasteiger charge is -1.93. The van der Waals surface area contributed by atoms with E-state index in [2.05, 4.69) is 11.2 Å². The molecule has 0 unspecified atom stereocenters. The number of hydrogen-bond donors (Lipinski definition) is 0. The molecule has 2 aromatic rings. The van der Waals surface area contributed by atoms with E-state index in [1.165, 1.54) is 0 Å². The van der Waals surface area contributed by atoms with Crippen LogP contribution in [-0.2, 0) is 5.88 Å². The van der Waals surface area contributed by atoms with Gasteiger partial charge < -0.3 is 4.52 Å². The van der Waals surface area contributed by atoms with Crippen LogP contribution in [-0.4, -0.2) is 5.16 Å². The van der Waals surface area contributed by atoms with Crippen LogP contribution in [0, 0.1) is 11.3 Å². The molecule has 0 amide bonds. The Kier molecular flexibility index (Phi) is 2.70. The molecule has 0 aliphatic rings. The van der Waals surface area contributed by atoms with Gasteiger partial charge in [0.1, 0.15) is 5.69 Å². The molecule has 0 fully saturated rings. The molecule has 15 heavy (non-hydrogen) atoms. The highest BCUT2D eigenvalue weighted by Crippen LogP contribution is 2.20. The molecular formula is C11H7ClN2O. The molecule has 1 heterocycles. The molecule has 0 saturated carbocycles. The highest BCUT2D eigenvalue weighted by atomic mass is 35.5. The minimum atomic E-state index is 0.309. The second-order valence-corrected chi connectivity index (χ2v) is 3.27. The molecule has 0 atom stereocenters. The average molecular weight is 219 g/mol. The van der Waals surface area contributed by atoms with Gasteiger partial charge in [-0.15, -0.1) is 11.6 Å². The van der Waals surface area contributed by atoms with Gasteiger partial charge in [-0.1, -0.05) is 17.3 Å². The molecule has 3 nitrogen and oxygen atoms in total. The molecule has 0 radical (unpaired) electrons. The van der Waals surface area contributed by atoms with Gasteiger partial charge in [0.25, 0.3) is 0 Å². The molecule has 1 aromatic carbocycles. The van der Waals surface area contributed by atoms with Crippen molar-refractivity contribution < 1.29 is 4.52 Å². The van der Waals surface area contributed by atoms with Gasteiger partial charge in [-0.3, -0.25) is 0 Å². The van der Waals surface area contributed by atoms with Crippen molar-refractivity contribution in [2.75, 3.05) is 0 Å². The largest absolute Gasteiger partial charge is 0.359 e. The van der Waals surface area contributed by atoms with Gasteiger partial charge in [0.15, 0.2) is 5.76 Å². The first-order chi connectivity index (χ1) is 7.33. The number of rotatable bonds is 2. The third-order valence-corrected chi connectivity index (χ3v) is 2.26. The summed E-state index contributed by atoms with van der Waals surface area (Å²) in [4.78, 5) is 0. The van der Waals surface area contributed by atoms with Crippen LogP contribution in [0.3, 0.4) is 0 Å². The monoisotopic (exact) mass is 218 g/mol. The highest BCUT2D eigenvalue weighted by molar-refractivity contribution is 6.16. The smallest absolute Gasteiger partial charge is 0.152 e. The van der Waals surface area contributed by atoms with E-state index in [0.29, 0.717) is 17.2 Å². The third-order valence-electron chi connectivity index (χ3n) is 2.00. The highest BCUT2D eigenvalue weighted by Gasteiger charge is 2.05. The van der Waals surface area contributed by atoms with Crippen LogP contribution in [0.4, 0.5) is 0 Å². The van der Waals surface area contributed by atoms with Gasteiger partial charge in [-0.2, -0.15) is 5.26 Å². The van der Waals surface area contributed by atoms with Crippen LogP contribution in [0.25, 0.3) is 11.3 Å². The van der Waals surface area contributed by atoms with Crippen LogP contribution in [0.1, 0.15) is 11.3 Å². The maximum absolute atomic E-state index is 8.64. The van der Waals surface area contributed by atoms with Crippen molar-refractivity contribution in [1.29, 1.82) is 5.26 Å². The van der Waals surface area contributed by atoms with Crippen molar-refractivity contribution in [1.82, 2.24) is 5.16 Å². The minimum absolute atomic E-state index is 0.309. The number of alkyl halides is 1. The molecule has 0 spiro atoms. The Hall–Kier alpha value is -1.79. The quantitative estimate of drug-likeness (QED) is 0.729. The summed E-state index contributed by atoms with van der Waals surface area (Å²) < 4.78 is 4.98.